The number of halogens is 1. The number of anilines is 1. The van der Waals surface area contributed by atoms with Crippen LogP contribution in [0.1, 0.15) is 19.4 Å². The number of morpholine rings is 1. The Hall–Kier alpha value is -1.14. The molecular formula is C13H17BrN2O3. The molecule has 0 saturated carbocycles. The van der Waals surface area contributed by atoms with Gasteiger partial charge in [-0.15, -0.1) is 0 Å². The predicted octanol–water partition coefficient (Wildman–Crippen LogP) is 3.10. The van der Waals surface area contributed by atoms with Gasteiger partial charge in [-0.25, -0.2) is 0 Å². The molecule has 19 heavy (non-hydrogen) atoms. The smallest absolute Gasteiger partial charge is 0.292 e. The highest BCUT2D eigenvalue weighted by Gasteiger charge is 2.27. The summed E-state index contributed by atoms with van der Waals surface area (Å²) in [5.41, 5.74) is 1.75. The van der Waals surface area contributed by atoms with E-state index in [2.05, 4.69) is 15.9 Å². The quantitative estimate of drug-likeness (QED) is 0.486. The SMILES string of the molecule is C[C@@H]1CN(c2ccc(CBr)cc2[N+](=O)[O-])C[C@H](C)O1. The zero-order chi connectivity index (χ0) is 14.0. The van der Waals surface area contributed by atoms with Crippen molar-refractivity contribution in [1.82, 2.24) is 0 Å². The summed E-state index contributed by atoms with van der Waals surface area (Å²) in [5, 5.41) is 11.8. The molecule has 104 valence electrons. The van der Waals surface area contributed by atoms with Crippen LogP contribution in [0.2, 0.25) is 0 Å². The van der Waals surface area contributed by atoms with Crippen LogP contribution in [0.15, 0.2) is 18.2 Å². The van der Waals surface area contributed by atoms with E-state index in [0.29, 0.717) is 24.1 Å². The Morgan fingerprint density at radius 1 is 1.42 bits per heavy atom. The monoisotopic (exact) mass is 328 g/mol. The number of benzene rings is 1. The standard InChI is InChI=1S/C13H17BrN2O3/c1-9-7-15(8-10(2)19-9)12-4-3-11(6-14)5-13(12)16(17)18/h3-5,9-10H,6-8H2,1-2H3/t9-,10+. The van der Waals surface area contributed by atoms with E-state index < -0.39 is 0 Å². The van der Waals surface area contributed by atoms with Crippen molar-refractivity contribution >= 4 is 27.3 Å². The van der Waals surface area contributed by atoms with Crippen LogP contribution in [0, 0.1) is 10.1 Å². The number of nitro benzene ring substituents is 1. The van der Waals surface area contributed by atoms with Crippen molar-refractivity contribution in [1.29, 1.82) is 0 Å². The average Bonchev–Trinajstić information content (AvgIpc) is 2.36. The minimum absolute atomic E-state index is 0.0826. The fourth-order valence-electron chi connectivity index (χ4n) is 2.44. The van der Waals surface area contributed by atoms with Gasteiger partial charge >= 0.3 is 0 Å². The summed E-state index contributed by atoms with van der Waals surface area (Å²) < 4.78 is 5.66. The van der Waals surface area contributed by atoms with E-state index >= 15 is 0 Å². The number of hydrogen-bond acceptors (Lipinski definition) is 4. The molecule has 0 spiro atoms. The molecule has 0 bridgehead atoms. The largest absolute Gasteiger partial charge is 0.372 e. The molecule has 5 nitrogen and oxygen atoms in total. The Kier molecular flexibility index (Phi) is 4.42. The third-order valence-electron chi connectivity index (χ3n) is 3.15. The van der Waals surface area contributed by atoms with Crippen LogP contribution in [0.5, 0.6) is 0 Å². The van der Waals surface area contributed by atoms with E-state index in [0.717, 1.165) is 5.56 Å². The highest BCUT2D eigenvalue weighted by Crippen LogP contribution is 2.31. The molecule has 1 aliphatic heterocycles. The highest BCUT2D eigenvalue weighted by atomic mass is 79.9. The maximum atomic E-state index is 11.2. The van der Waals surface area contributed by atoms with Gasteiger partial charge < -0.3 is 9.64 Å². The van der Waals surface area contributed by atoms with Crippen LogP contribution in [0.3, 0.4) is 0 Å². The minimum Gasteiger partial charge on any atom is -0.372 e. The number of nitro groups is 1. The summed E-state index contributed by atoms with van der Waals surface area (Å²) >= 11 is 3.32. The first kappa shape index (κ1) is 14.3. The Morgan fingerprint density at radius 3 is 2.58 bits per heavy atom. The summed E-state index contributed by atoms with van der Waals surface area (Å²) in [5.74, 6) is 0. The van der Waals surface area contributed by atoms with Gasteiger partial charge in [0.05, 0.1) is 17.1 Å². The van der Waals surface area contributed by atoms with Gasteiger partial charge in [-0.1, -0.05) is 22.0 Å². The van der Waals surface area contributed by atoms with Crippen LogP contribution < -0.4 is 4.90 Å². The summed E-state index contributed by atoms with van der Waals surface area (Å²) in [7, 11) is 0. The molecule has 6 heteroatoms. The lowest BCUT2D eigenvalue weighted by molar-refractivity contribution is -0.384. The second-order valence-corrected chi connectivity index (χ2v) is 5.44. The van der Waals surface area contributed by atoms with Crippen molar-refractivity contribution in [3.05, 3.63) is 33.9 Å². The van der Waals surface area contributed by atoms with E-state index in [1.807, 2.05) is 30.9 Å². The van der Waals surface area contributed by atoms with Gasteiger partial charge in [-0.05, 0) is 25.5 Å². The number of nitrogens with zero attached hydrogens (tertiary/aromatic N) is 2. The lowest BCUT2D eigenvalue weighted by Gasteiger charge is -2.36. The van der Waals surface area contributed by atoms with Crippen molar-refractivity contribution in [3.63, 3.8) is 0 Å². The molecule has 0 aliphatic carbocycles. The zero-order valence-electron chi connectivity index (χ0n) is 11.0. The van der Waals surface area contributed by atoms with Crippen molar-refractivity contribution in [2.24, 2.45) is 0 Å². The Bertz CT molecular complexity index is 471. The second kappa shape index (κ2) is 5.88. The van der Waals surface area contributed by atoms with Gasteiger partial charge in [-0.2, -0.15) is 0 Å². The fraction of sp³-hybridized carbons (Fsp3) is 0.538. The molecule has 2 atom stereocenters. The summed E-state index contributed by atoms with van der Waals surface area (Å²) in [6, 6.07) is 5.39. The third-order valence-corrected chi connectivity index (χ3v) is 3.80. The Balaban J connectivity index is 2.35. The van der Waals surface area contributed by atoms with Crippen LogP contribution in [-0.2, 0) is 10.1 Å². The summed E-state index contributed by atoms with van der Waals surface area (Å²) in [4.78, 5) is 13.0. The lowest BCUT2D eigenvalue weighted by Crippen LogP contribution is -2.45. The van der Waals surface area contributed by atoms with Crippen LogP contribution in [0.25, 0.3) is 0 Å². The highest BCUT2D eigenvalue weighted by molar-refractivity contribution is 9.08. The van der Waals surface area contributed by atoms with E-state index in [1.165, 1.54) is 0 Å². The molecule has 1 aromatic carbocycles. The fourth-order valence-corrected chi connectivity index (χ4v) is 2.79. The molecule has 1 heterocycles. The first-order valence-corrected chi connectivity index (χ1v) is 7.37. The van der Waals surface area contributed by atoms with E-state index in [-0.39, 0.29) is 22.8 Å². The molecule has 0 radical (unpaired) electrons. The van der Waals surface area contributed by atoms with Crippen molar-refractivity contribution in [3.8, 4) is 0 Å². The number of ether oxygens (including phenoxy) is 1. The van der Waals surface area contributed by atoms with Gasteiger partial charge in [0.2, 0.25) is 0 Å². The van der Waals surface area contributed by atoms with E-state index in [4.69, 9.17) is 4.74 Å². The van der Waals surface area contributed by atoms with E-state index in [9.17, 15) is 10.1 Å². The van der Waals surface area contributed by atoms with Gasteiger partial charge in [0.15, 0.2) is 0 Å². The number of hydrogen-bond donors (Lipinski definition) is 0. The number of rotatable bonds is 3. The average molecular weight is 329 g/mol. The van der Waals surface area contributed by atoms with Crippen LogP contribution >= 0.6 is 15.9 Å². The molecule has 1 saturated heterocycles. The molecule has 0 amide bonds. The lowest BCUT2D eigenvalue weighted by atomic mass is 10.1. The van der Waals surface area contributed by atoms with Crippen LogP contribution in [0.4, 0.5) is 11.4 Å². The van der Waals surface area contributed by atoms with Crippen molar-refractivity contribution < 1.29 is 9.66 Å². The second-order valence-electron chi connectivity index (χ2n) is 4.88. The molecule has 1 fully saturated rings. The topological polar surface area (TPSA) is 55.6 Å². The number of alkyl halides is 1. The maximum absolute atomic E-state index is 11.2. The summed E-state index contributed by atoms with van der Waals surface area (Å²) in [6.07, 6.45) is 0.165. The molecule has 1 aliphatic rings. The molecule has 1 aromatic rings. The first-order chi connectivity index (χ1) is 9.01. The summed E-state index contributed by atoms with van der Waals surface area (Å²) in [6.45, 7) is 5.33. The molecule has 0 aromatic heterocycles. The van der Waals surface area contributed by atoms with Crippen molar-refractivity contribution in [2.45, 2.75) is 31.4 Å². The van der Waals surface area contributed by atoms with Gasteiger partial charge in [-0.3, -0.25) is 10.1 Å². The molecule has 2 rings (SSSR count). The molecule has 0 N–H and O–H groups in total. The van der Waals surface area contributed by atoms with Crippen molar-refractivity contribution in [2.75, 3.05) is 18.0 Å². The Morgan fingerprint density at radius 2 is 2.05 bits per heavy atom. The van der Waals surface area contributed by atoms with E-state index in [1.54, 1.807) is 6.07 Å². The third kappa shape index (κ3) is 3.25. The molecular weight excluding hydrogens is 312 g/mol. The maximum Gasteiger partial charge on any atom is 0.292 e. The Labute approximate surface area is 120 Å². The zero-order valence-corrected chi connectivity index (χ0v) is 12.6. The normalized spacial score (nSPS) is 23.4. The first-order valence-electron chi connectivity index (χ1n) is 6.25. The predicted molar refractivity (Wildman–Crippen MR) is 77.9 cm³/mol. The minimum atomic E-state index is -0.313. The van der Waals surface area contributed by atoms with Gasteiger partial charge in [0, 0.05) is 24.5 Å². The molecule has 0 unspecified atom stereocenters. The van der Waals surface area contributed by atoms with Gasteiger partial charge in [0.25, 0.3) is 5.69 Å². The van der Waals surface area contributed by atoms with Crippen LogP contribution in [-0.4, -0.2) is 30.2 Å². The van der Waals surface area contributed by atoms with Gasteiger partial charge in [0.1, 0.15) is 5.69 Å².